The summed E-state index contributed by atoms with van der Waals surface area (Å²) in [6.45, 7) is 5.60. The van der Waals surface area contributed by atoms with Crippen molar-refractivity contribution in [3.8, 4) is 0 Å². The number of carbonyl (C=O) groups excluding carboxylic acids is 2. The fraction of sp³-hybridized carbons (Fsp3) is 0.526. The van der Waals surface area contributed by atoms with Crippen molar-refractivity contribution in [2.24, 2.45) is 10.9 Å². The Morgan fingerprint density at radius 3 is 2.57 bits per heavy atom. The van der Waals surface area contributed by atoms with Crippen molar-refractivity contribution in [1.82, 2.24) is 10.0 Å². The number of hydrogen-bond donors (Lipinski definition) is 3. The van der Waals surface area contributed by atoms with Gasteiger partial charge in [-0.3, -0.25) is 19.3 Å². The lowest BCUT2D eigenvalue weighted by molar-refractivity contribution is -0.126. The first-order valence-electron chi connectivity index (χ1n) is 9.43. The summed E-state index contributed by atoms with van der Waals surface area (Å²) in [5.41, 5.74) is 0.340. The molecule has 0 spiro atoms. The number of sulfonamides is 1. The minimum absolute atomic E-state index is 0.0397. The summed E-state index contributed by atoms with van der Waals surface area (Å²) < 4.78 is 27.9. The number of nitrogens with one attached hydrogen (secondary N) is 3. The molecule has 1 aromatic carbocycles. The Bertz CT molecular complexity index is 849. The molecule has 0 saturated carbocycles. The molecule has 0 radical (unpaired) electrons. The van der Waals surface area contributed by atoms with Crippen LogP contribution in [0.3, 0.4) is 0 Å². The number of carbonyl (C=O) groups is 2. The smallest absolute Gasteiger partial charge is 0.262 e. The van der Waals surface area contributed by atoms with Gasteiger partial charge in [-0.1, -0.05) is 26.3 Å². The van der Waals surface area contributed by atoms with Crippen molar-refractivity contribution in [3.63, 3.8) is 0 Å². The fourth-order valence-corrected chi connectivity index (χ4v) is 4.02. The lowest BCUT2D eigenvalue weighted by atomic mass is 10.0. The van der Waals surface area contributed by atoms with Gasteiger partial charge in [0, 0.05) is 25.6 Å². The lowest BCUT2D eigenvalue weighted by Gasteiger charge is -2.21. The van der Waals surface area contributed by atoms with Crippen LogP contribution in [0.15, 0.2) is 34.2 Å². The molecule has 1 heterocycles. The zero-order valence-corrected chi connectivity index (χ0v) is 17.3. The van der Waals surface area contributed by atoms with Crippen molar-refractivity contribution in [2.45, 2.75) is 57.4 Å². The zero-order chi connectivity index (χ0) is 20.7. The van der Waals surface area contributed by atoms with Crippen molar-refractivity contribution in [2.75, 3.05) is 11.9 Å². The van der Waals surface area contributed by atoms with E-state index in [0.717, 1.165) is 19.3 Å². The van der Waals surface area contributed by atoms with Crippen LogP contribution in [-0.2, 0) is 19.6 Å². The highest BCUT2D eigenvalue weighted by atomic mass is 32.2. The second-order valence-corrected chi connectivity index (χ2v) is 8.87. The monoisotopic (exact) mass is 408 g/mol. The number of nitrogens with zero attached hydrogens (tertiary/aromatic N) is 1. The highest BCUT2D eigenvalue weighted by molar-refractivity contribution is 7.90. The first kappa shape index (κ1) is 21.9. The van der Waals surface area contributed by atoms with Gasteiger partial charge >= 0.3 is 0 Å². The summed E-state index contributed by atoms with van der Waals surface area (Å²) in [7, 11) is -3.79. The lowest BCUT2D eigenvalue weighted by Crippen LogP contribution is -2.46. The highest BCUT2D eigenvalue weighted by Crippen LogP contribution is 2.17. The van der Waals surface area contributed by atoms with E-state index in [0.29, 0.717) is 24.5 Å². The van der Waals surface area contributed by atoms with E-state index in [4.69, 9.17) is 0 Å². The molecule has 0 unspecified atom stereocenters. The van der Waals surface area contributed by atoms with Crippen LogP contribution >= 0.6 is 0 Å². The van der Waals surface area contributed by atoms with E-state index in [1.165, 1.54) is 19.1 Å². The first-order valence-corrected chi connectivity index (χ1v) is 10.9. The summed E-state index contributed by atoms with van der Waals surface area (Å²) >= 11 is 0. The van der Waals surface area contributed by atoms with Gasteiger partial charge in [0.05, 0.1) is 4.90 Å². The predicted molar refractivity (Wildman–Crippen MR) is 109 cm³/mol. The van der Waals surface area contributed by atoms with Gasteiger partial charge in [-0.15, -0.1) is 0 Å². The predicted octanol–water partition coefficient (Wildman–Crippen LogP) is 2.04. The van der Waals surface area contributed by atoms with Crippen molar-refractivity contribution in [1.29, 1.82) is 0 Å². The zero-order valence-electron chi connectivity index (χ0n) is 16.5. The number of hydrogen-bond acceptors (Lipinski definition) is 5. The molecule has 154 valence electrons. The molecule has 28 heavy (non-hydrogen) atoms. The van der Waals surface area contributed by atoms with E-state index in [2.05, 4.69) is 20.3 Å². The Balaban J connectivity index is 2.15. The summed E-state index contributed by atoms with van der Waals surface area (Å²) in [6, 6.07) is 5.30. The van der Waals surface area contributed by atoms with E-state index >= 15 is 0 Å². The SMILES string of the molecule is CC(=O)N[C@@H](C(=O)Nc1cccc(S(=O)(=O)NC2=NCCCCC2)c1)C(C)C. The maximum Gasteiger partial charge on any atom is 0.262 e. The molecule has 8 nitrogen and oxygen atoms in total. The quantitative estimate of drug-likeness (QED) is 0.668. The van der Waals surface area contributed by atoms with Gasteiger partial charge in [0.25, 0.3) is 10.0 Å². The summed E-state index contributed by atoms with van der Waals surface area (Å²) in [4.78, 5) is 28.2. The van der Waals surface area contributed by atoms with E-state index in [1.807, 2.05) is 13.8 Å². The molecule has 2 rings (SSSR count). The van der Waals surface area contributed by atoms with Crippen molar-refractivity contribution >= 4 is 33.4 Å². The van der Waals surface area contributed by atoms with Gasteiger partial charge in [0.1, 0.15) is 11.9 Å². The maximum atomic E-state index is 12.7. The molecule has 0 fully saturated rings. The number of anilines is 1. The van der Waals surface area contributed by atoms with E-state index in [1.54, 1.807) is 12.1 Å². The molecule has 9 heteroatoms. The van der Waals surface area contributed by atoms with Gasteiger partial charge in [0.2, 0.25) is 11.8 Å². The number of aliphatic imine (C=N–C) groups is 1. The molecule has 0 aliphatic carbocycles. The van der Waals surface area contributed by atoms with Crippen LogP contribution in [-0.4, -0.2) is 38.7 Å². The third kappa shape index (κ3) is 6.33. The van der Waals surface area contributed by atoms with Crippen LogP contribution in [0.5, 0.6) is 0 Å². The molecule has 0 aromatic heterocycles. The number of amides is 2. The molecular weight excluding hydrogens is 380 g/mol. The molecule has 1 aliphatic rings. The van der Waals surface area contributed by atoms with Crippen molar-refractivity contribution < 1.29 is 18.0 Å². The van der Waals surface area contributed by atoms with Crippen LogP contribution in [0.2, 0.25) is 0 Å². The maximum absolute atomic E-state index is 12.7. The van der Waals surface area contributed by atoms with Crippen LogP contribution in [0, 0.1) is 5.92 Å². The Labute approximate surface area is 166 Å². The topological polar surface area (TPSA) is 117 Å². The second kappa shape index (κ2) is 9.68. The van der Waals surface area contributed by atoms with Gasteiger partial charge in [-0.2, -0.15) is 0 Å². The number of rotatable bonds is 6. The average Bonchev–Trinajstić information content (AvgIpc) is 2.87. The van der Waals surface area contributed by atoms with Crippen LogP contribution < -0.4 is 15.4 Å². The summed E-state index contributed by atoms with van der Waals surface area (Å²) in [5.74, 6) is -0.359. The van der Waals surface area contributed by atoms with Gasteiger partial charge < -0.3 is 10.6 Å². The Kier molecular flexibility index (Phi) is 7.56. The Morgan fingerprint density at radius 1 is 1.14 bits per heavy atom. The second-order valence-electron chi connectivity index (χ2n) is 7.18. The minimum atomic E-state index is -3.79. The summed E-state index contributed by atoms with van der Waals surface area (Å²) in [6.07, 6.45) is 3.49. The summed E-state index contributed by atoms with van der Waals surface area (Å²) in [5, 5.41) is 5.29. The molecule has 0 bridgehead atoms. The van der Waals surface area contributed by atoms with E-state index < -0.39 is 22.0 Å². The molecule has 2 amide bonds. The highest BCUT2D eigenvalue weighted by Gasteiger charge is 2.24. The third-order valence-electron chi connectivity index (χ3n) is 4.35. The molecule has 0 saturated heterocycles. The van der Waals surface area contributed by atoms with E-state index in [9.17, 15) is 18.0 Å². The molecule has 1 aromatic rings. The van der Waals surface area contributed by atoms with Gasteiger partial charge in [-0.05, 0) is 37.0 Å². The van der Waals surface area contributed by atoms with E-state index in [-0.39, 0.29) is 16.7 Å². The van der Waals surface area contributed by atoms with Gasteiger partial charge in [0.15, 0.2) is 0 Å². The van der Waals surface area contributed by atoms with Crippen LogP contribution in [0.4, 0.5) is 5.69 Å². The number of benzene rings is 1. The minimum Gasteiger partial charge on any atom is -0.344 e. The van der Waals surface area contributed by atoms with Crippen molar-refractivity contribution in [3.05, 3.63) is 24.3 Å². The largest absolute Gasteiger partial charge is 0.344 e. The molecule has 3 N–H and O–H groups in total. The third-order valence-corrected chi connectivity index (χ3v) is 5.73. The molecular formula is C19H28N4O4S. The van der Waals surface area contributed by atoms with Gasteiger partial charge in [-0.25, -0.2) is 8.42 Å². The Morgan fingerprint density at radius 2 is 1.89 bits per heavy atom. The van der Waals surface area contributed by atoms with Crippen LogP contribution in [0.1, 0.15) is 46.5 Å². The Hall–Kier alpha value is -2.42. The first-order chi connectivity index (χ1) is 13.2. The fourth-order valence-electron chi connectivity index (χ4n) is 2.89. The molecule has 1 atom stereocenters. The normalized spacial score (nSPS) is 15.9. The average molecular weight is 409 g/mol. The molecule has 1 aliphatic heterocycles. The standard InChI is InChI=1S/C19H28N4O4S/c1-13(2)18(21-14(3)24)19(25)22-15-8-7-9-16(12-15)28(26,27)23-17-10-5-4-6-11-20-17/h7-9,12-13,18H,4-6,10-11H2,1-3H3,(H,20,23)(H,21,24)(H,22,25)/t18-/m1/s1. The van der Waals surface area contributed by atoms with Crippen LogP contribution in [0.25, 0.3) is 0 Å². The number of amidine groups is 1.